The van der Waals surface area contributed by atoms with Crippen LogP contribution in [0.5, 0.6) is 0 Å². The van der Waals surface area contributed by atoms with Crippen molar-refractivity contribution in [3.8, 4) is 33.9 Å². The summed E-state index contributed by atoms with van der Waals surface area (Å²) in [6, 6.07) is 16.0. The van der Waals surface area contributed by atoms with Gasteiger partial charge < -0.3 is 9.67 Å². The van der Waals surface area contributed by atoms with Gasteiger partial charge in [0, 0.05) is 24.4 Å². The second-order valence-electron chi connectivity index (χ2n) is 6.97. The normalized spacial score (nSPS) is 11.3. The fourth-order valence-corrected chi connectivity index (χ4v) is 3.45. The lowest BCUT2D eigenvalue weighted by Gasteiger charge is -2.10. The van der Waals surface area contributed by atoms with Gasteiger partial charge in [-0.15, -0.1) is 15.3 Å². The summed E-state index contributed by atoms with van der Waals surface area (Å²) in [5, 5.41) is 21.9. The smallest absolute Gasteiger partial charge is 0.182 e. The van der Waals surface area contributed by atoms with Gasteiger partial charge in [-0.1, -0.05) is 30.3 Å². The van der Waals surface area contributed by atoms with Gasteiger partial charge in [0.15, 0.2) is 17.3 Å². The van der Waals surface area contributed by atoms with Crippen molar-refractivity contribution in [3.63, 3.8) is 0 Å². The zero-order chi connectivity index (χ0) is 20.7. The lowest BCUT2D eigenvalue weighted by molar-refractivity contribution is 0.281. The van der Waals surface area contributed by atoms with Gasteiger partial charge in [-0.25, -0.2) is 13.9 Å². The number of pyridine rings is 1. The number of hydrogen-bond acceptors (Lipinski definition) is 5. The number of rotatable bonds is 4. The van der Waals surface area contributed by atoms with Crippen molar-refractivity contribution in [2.24, 2.45) is 7.05 Å². The Morgan fingerprint density at radius 1 is 1.00 bits per heavy atom. The molecule has 0 bridgehead atoms. The van der Waals surface area contributed by atoms with E-state index in [0.717, 1.165) is 22.3 Å². The molecule has 5 rings (SSSR count). The summed E-state index contributed by atoms with van der Waals surface area (Å²) in [5.74, 6) is 0.807. The van der Waals surface area contributed by atoms with E-state index in [2.05, 4.69) is 20.3 Å². The Morgan fingerprint density at radius 3 is 2.67 bits per heavy atom. The van der Waals surface area contributed by atoms with E-state index >= 15 is 0 Å². The van der Waals surface area contributed by atoms with Crippen molar-refractivity contribution in [1.29, 1.82) is 0 Å². The zero-order valence-electron chi connectivity index (χ0n) is 16.1. The Bertz CT molecular complexity index is 1370. The topological polar surface area (TPSA) is 81.1 Å². The molecular weight excluding hydrogens is 383 g/mol. The van der Waals surface area contributed by atoms with Gasteiger partial charge in [0.1, 0.15) is 12.1 Å². The minimum absolute atomic E-state index is 0.0595. The lowest BCUT2D eigenvalue weighted by Crippen LogP contribution is -1.95. The van der Waals surface area contributed by atoms with Gasteiger partial charge in [0.2, 0.25) is 0 Å². The second kappa shape index (κ2) is 7.16. The molecule has 0 radical (unpaired) electrons. The molecule has 0 saturated carbocycles. The lowest BCUT2D eigenvalue weighted by atomic mass is 9.97. The van der Waals surface area contributed by atoms with Gasteiger partial charge in [-0.3, -0.25) is 0 Å². The molecule has 0 fully saturated rings. The molecule has 30 heavy (non-hydrogen) atoms. The first kappa shape index (κ1) is 18.1. The van der Waals surface area contributed by atoms with Crippen LogP contribution in [0.2, 0.25) is 0 Å². The number of halogens is 1. The van der Waals surface area contributed by atoms with Gasteiger partial charge in [-0.2, -0.15) is 0 Å². The van der Waals surface area contributed by atoms with Crippen LogP contribution in [-0.2, 0) is 13.7 Å². The van der Waals surface area contributed by atoms with E-state index < -0.39 is 0 Å². The molecule has 3 aromatic heterocycles. The van der Waals surface area contributed by atoms with Crippen molar-refractivity contribution in [3.05, 3.63) is 78.5 Å². The summed E-state index contributed by atoms with van der Waals surface area (Å²) in [7, 11) is 1.82. The number of aromatic nitrogens is 6. The van der Waals surface area contributed by atoms with Gasteiger partial charge in [-0.05, 0) is 41.0 Å². The predicted molar refractivity (Wildman–Crippen MR) is 110 cm³/mol. The number of aryl methyl sites for hydroxylation is 1. The van der Waals surface area contributed by atoms with Crippen molar-refractivity contribution < 1.29 is 9.50 Å². The molecule has 2 aromatic carbocycles. The van der Waals surface area contributed by atoms with Crippen molar-refractivity contribution >= 4 is 5.65 Å². The average Bonchev–Trinajstić information content (AvgIpc) is 3.39. The standard InChI is InChI=1S/C22H17FN6O/c1-28-13-24-26-22(28)19-10-17(23)6-7-18(19)15-3-2-4-16(9-15)21-25-20-8-5-14(12-30)11-29(20)27-21/h2-11,13,30H,12H2,1H3. The Labute approximate surface area is 171 Å². The summed E-state index contributed by atoms with van der Waals surface area (Å²) in [4.78, 5) is 4.58. The maximum atomic E-state index is 14.0. The third-order valence-corrected chi connectivity index (χ3v) is 4.94. The molecule has 0 atom stereocenters. The second-order valence-corrected chi connectivity index (χ2v) is 6.97. The predicted octanol–water partition coefficient (Wildman–Crippen LogP) is 3.49. The highest BCUT2D eigenvalue weighted by Crippen LogP contribution is 2.33. The van der Waals surface area contributed by atoms with Crippen LogP contribution in [0.25, 0.3) is 39.5 Å². The molecule has 8 heteroatoms. The maximum absolute atomic E-state index is 14.0. The number of aliphatic hydroxyl groups excluding tert-OH is 1. The molecule has 1 N–H and O–H groups in total. The Hall–Kier alpha value is -3.91. The van der Waals surface area contributed by atoms with Gasteiger partial charge in [0.25, 0.3) is 0 Å². The fourth-order valence-electron chi connectivity index (χ4n) is 3.45. The zero-order valence-corrected chi connectivity index (χ0v) is 16.1. The first-order valence-electron chi connectivity index (χ1n) is 9.33. The van der Waals surface area contributed by atoms with Crippen LogP contribution in [0.4, 0.5) is 4.39 Å². The van der Waals surface area contributed by atoms with Crippen LogP contribution in [0.1, 0.15) is 5.56 Å². The molecule has 5 aromatic rings. The number of fused-ring (bicyclic) bond motifs is 1. The van der Waals surface area contributed by atoms with Gasteiger partial charge >= 0.3 is 0 Å². The highest BCUT2D eigenvalue weighted by Gasteiger charge is 2.15. The summed E-state index contributed by atoms with van der Waals surface area (Å²) in [5.41, 5.74) is 4.65. The molecular formula is C22H17FN6O. The molecule has 0 spiro atoms. The monoisotopic (exact) mass is 400 g/mol. The highest BCUT2D eigenvalue weighted by atomic mass is 19.1. The average molecular weight is 400 g/mol. The number of benzene rings is 2. The third kappa shape index (κ3) is 3.13. The van der Waals surface area contributed by atoms with Crippen molar-refractivity contribution in [2.45, 2.75) is 6.61 Å². The first-order chi connectivity index (χ1) is 14.6. The largest absolute Gasteiger partial charge is 0.392 e. The fraction of sp³-hybridized carbons (Fsp3) is 0.0909. The van der Waals surface area contributed by atoms with E-state index in [1.165, 1.54) is 12.1 Å². The summed E-state index contributed by atoms with van der Waals surface area (Å²) < 4.78 is 17.4. The highest BCUT2D eigenvalue weighted by molar-refractivity contribution is 5.82. The van der Waals surface area contributed by atoms with E-state index in [-0.39, 0.29) is 12.4 Å². The molecule has 0 unspecified atom stereocenters. The number of aliphatic hydroxyl groups is 1. The summed E-state index contributed by atoms with van der Waals surface area (Å²) in [6.45, 7) is -0.0595. The third-order valence-electron chi connectivity index (χ3n) is 4.94. The Kier molecular flexibility index (Phi) is 4.33. The molecule has 3 heterocycles. The van der Waals surface area contributed by atoms with E-state index in [0.29, 0.717) is 22.9 Å². The van der Waals surface area contributed by atoms with Crippen LogP contribution in [0.15, 0.2) is 67.1 Å². The molecule has 0 aliphatic carbocycles. The minimum atomic E-state index is -0.338. The summed E-state index contributed by atoms with van der Waals surface area (Å²) in [6.07, 6.45) is 3.34. The van der Waals surface area contributed by atoms with Crippen molar-refractivity contribution in [2.75, 3.05) is 0 Å². The van der Waals surface area contributed by atoms with E-state index in [4.69, 9.17) is 0 Å². The van der Waals surface area contributed by atoms with E-state index in [1.807, 2.05) is 43.4 Å². The molecule has 0 aliphatic rings. The SMILES string of the molecule is Cn1cnnc1-c1cc(F)ccc1-c1cccc(-c2nc3ccc(CO)cn3n2)c1. The maximum Gasteiger partial charge on any atom is 0.182 e. The van der Waals surface area contributed by atoms with Crippen LogP contribution < -0.4 is 0 Å². The quantitative estimate of drug-likeness (QED) is 0.499. The Balaban J connectivity index is 1.62. The van der Waals surface area contributed by atoms with Crippen molar-refractivity contribution in [1.82, 2.24) is 29.4 Å². The van der Waals surface area contributed by atoms with Crippen LogP contribution in [-0.4, -0.2) is 34.5 Å². The molecule has 0 amide bonds. The van der Waals surface area contributed by atoms with Crippen LogP contribution in [0.3, 0.4) is 0 Å². The van der Waals surface area contributed by atoms with Crippen LogP contribution in [0, 0.1) is 5.82 Å². The first-order valence-corrected chi connectivity index (χ1v) is 9.33. The molecule has 7 nitrogen and oxygen atoms in total. The Morgan fingerprint density at radius 2 is 1.87 bits per heavy atom. The van der Waals surface area contributed by atoms with E-state index in [9.17, 15) is 9.50 Å². The number of nitrogens with zero attached hydrogens (tertiary/aromatic N) is 6. The van der Waals surface area contributed by atoms with Crippen LogP contribution >= 0.6 is 0 Å². The summed E-state index contributed by atoms with van der Waals surface area (Å²) >= 11 is 0. The number of hydrogen-bond donors (Lipinski definition) is 1. The minimum Gasteiger partial charge on any atom is -0.392 e. The molecule has 0 saturated heterocycles. The molecule has 0 aliphatic heterocycles. The van der Waals surface area contributed by atoms with Gasteiger partial charge in [0.05, 0.1) is 6.61 Å². The van der Waals surface area contributed by atoms with E-state index in [1.54, 1.807) is 27.7 Å². The molecule has 148 valence electrons.